The first kappa shape index (κ1) is 17.2. The zero-order valence-corrected chi connectivity index (χ0v) is 14.6. The molecule has 0 saturated heterocycles. The molecule has 0 saturated carbocycles. The van der Waals surface area contributed by atoms with E-state index < -0.39 is 15.8 Å². The summed E-state index contributed by atoms with van der Waals surface area (Å²) in [6, 6.07) is 14.1. The summed E-state index contributed by atoms with van der Waals surface area (Å²) in [6.45, 7) is 1.98. The summed E-state index contributed by atoms with van der Waals surface area (Å²) in [5, 5.41) is -0.0174. The van der Waals surface area contributed by atoms with E-state index in [9.17, 15) is 13.2 Å². The standard InChI is InChI=1S/C18H18N2O4S/c1-2-24-17(21)12-16-19-18(15-10-6-7-11-20(15)16)25(22,23)13-14-8-4-3-5-9-14/h3-11H,2,12-13H2,1H3. The second-order valence-electron chi connectivity index (χ2n) is 5.52. The van der Waals surface area contributed by atoms with Gasteiger partial charge in [-0.3, -0.25) is 4.79 Å². The van der Waals surface area contributed by atoms with E-state index in [1.54, 1.807) is 60.0 Å². The number of fused-ring (bicyclic) bond motifs is 1. The van der Waals surface area contributed by atoms with E-state index in [0.717, 1.165) is 0 Å². The van der Waals surface area contributed by atoms with Gasteiger partial charge in [-0.15, -0.1) is 0 Å². The zero-order chi connectivity index (χ0) is 17.9. The summed E-state index contributed by atoms with van der Waals surface area (Å²) in [7, 11) is -3.65. The molecule has 130 valence electrons. The Labute approximate surface area is 146 Å². The molecule has 2 aromatic heterocycles. The Morgan fingerprint density at radius 1 is 1.12 bits per heavy atom. The lowest BCUT2D eigenvalue weighted by Gasteiger charge is -2.02. The van der Waals surface area contributed by atoms with Crippen molar-refractivity contribution in [1.29, 1.82) is 0 Å². The lowest BCUT2D eigenvalue weighted by Crippen LogP contribution is -2.10. The zero-order valence-electron chi connectivity index (χ0n) is 13.8. The fourth-order valence-corrected chi connectivity index (χ4v) is 4.13. The quantitative estimate of drug-likeness (QED) is 0.633. The molecule has 0 unspecified atom stereocenters. The number of benzene rings is 1. The lowest BCUT2D eigenvalue weighted by atomic mass is 10.2. The maximum Gasteiger partial charge on any atom is 0.313 e. The number of hydrogen-bond acceptors (Lipinski definition) is 5. The fraction of sp³-hybridized carbons (Fsp3) is 0.222. The number of hydrogen-bond donors (Lipinski definition) is 0. The number of imidazole rings is 1. The van der Waals surface area contributed by atoms with Crippen molar-refractivity contribution in [2.45, 2.75) is 24.1 Å². The van der Waals surface area contributed by atoms with Crippen molar-refractivity contribution in [3.63, 3.8) is 0 Å². The molecule has 0 bridgehead atoms. The number of nitrogens with zero attached hydrogens (tertiary/aromatic N) is 2. The van der Waals surface area contributed by atoms with Crippen molar-refractivity contribution in [3.8, 4) is 0 Å². The minimum atomic E-state index is -3.65. The number of carbonyl (C=O) groups excluding carboxylic acids is 1. The molecule has 3 aromatic rings. The minimum Gasteiger partial charge on any atom is -0.466 e. The third-order valence-corrected chi connectivity index (χ3v) is 5.29. The van der Waals surface area contributed by atoms with Crippen LogP contribution in [-0.4, -0.2) is 30.4 Å². The van der Waals surface area contributed by atoms with Gasteiger partial charge in [-0.05, 0) is 24.6 Å². The number of sulfone groups is 1. The maximum absolute atomic E-state index is 12.8. The van der Waals surface area contributed by atoms with Gasteiger partial charge in [0.05, 0.1) is 17.9 Å². The molecule has 25 heavy (non-hydrogen) atoms. The Kier molecular flexibility index (Phi) is 4.85. The second kappa shape index (κ2) is 7.06. The topological polar surface area (TPSA) is 77.7 Å². The predicted molar refractivity (Wildman–Crippen MR) is 92.9 cm³/mol. The molecule has 0 N–H and O–H groups in total. The summed E-state index contributed by atoms with van der Waals surface area (Å²) < 4.78 is 32.3. The van der Waals surface area contributed by atoms with E-state index in [1.165, 1.54) is 0 Å². The average Bonchev–Trinajstić information content (AvgIpc) is 2.95. The van der Waals surface area contributed by atoms with E-state index in [4.69, 9.17) is 4.74 Å². The number of ether oxygens (including phenoxy) is 1. The highest BCUT2D eigenvalue weighted by Gasteiger charge is 2.24. The van der Waals surface area contributed by atoms with Crippen molar-refractivity contribution < 1.29 is 17.9 Å². The van der Waals surface area contributed by atoms with Gasteiger partial charge in [-0.2, -0.15) is 0 Å². The minimum absolute atomic E-state index is 0.0174. The highest BCUT2D eigenvalue weighted by atomic mass is 32.2. The highest BCUT2D eigenvalue weighted by molar-refractivity contribution is 7.90. The molecule has 7 heteroatoms. The first-order chi connectivity index (χ1) is 12.0. The molecule has 0 aliphatic heterocycles. The SMILES string of the molecule is CCOC(=O)Cc1nc(S(=O)(=O)Cc2ccccc2)c2ccccn12. The van der Waals surface area contributed by atoms with Crippen molar-refractivity contribution in [2.75, 3.05) is 6.61 Å². The van der Waals surface area contributed by atoms with E-state index in [1.807, 2.05) is 6.07 Å². The van der Waals surface area contributed by atoms with Crippen molar-refractivity contribution in [3.05, 3.63) is 66.1 Å². The van der Waals surface area contributed by atoms with Gasteiger partial charge < -0.3 is 9.14 Å². The van der Waals surface area contributed by atoms with Crippen LogP contribution in [0.15, 0.2) is 59.8 Å². The molecule has 0 radical (unpaired) electrons. The number of esters is 1. The van der Waals surface area contributed by atoms with E-state index in [-0.39, 0.29) is 23.8 Å². The summed E-state index contributed by atoms with van der Waals surface area (Å²) in [4.78, 5) is 16.0. The monoisotopic (exact) mass is 358 g/mol. The van der Waals surface area contributed by atoms with Crippen LogP contribution in [0.1, 0.15) is 18.3 Å². The smallest absolute Gasteiger partial charge is 0.313 e. The summed E-state index contributed by atoms with van der Waals surface area (Å²) >= 11 is 0. The maximum atomic E-state index is 12.8. The van der Waals surface area contributed by atoms with E-state index >= 15 is 0 Å². The van der Waals surface area contributed by atoms with Crippen LogP contribution in [-0.2, 0) is 31.5 Å². The number of aromatic nitrogens is 2. The fourth-order valence-electron chi connectivity index (χ4n) is 2.63. The molecule has 0 spiro atoms. The van der Waals surface area contributed by atoms with Crippen LogP contribution in [0.2, 0.25) is 0 Å². The molecule has 0 amide bonds. The molecular weight excluding hydrogens is 340 g/mol. The van der Waals surface area contributed by atoms with E-state index in [2.05, 4.69) is 4.98 Å². The predicted octanol–water partition coefficient (Wildman–Crippen LogP) is 2.41. The van der Waals surface area contributed by atoms with Crippen LogP contribution in [0.3, 0.4) is 0 Å². The Hall–Kier alpha value is -2.67. The molecule has 1 aromatic carbocycles. The second-order valence-corrected chi connectivity index (χ2v) is 7.42. The summed E-state index contributed by atoms with van der Waals surface area (Å²) in [5.74, 6) is -0.236. The first-order valence-corrected chi connectivity index (χ1v) is 9.55. The first-order valence-electron chi connectivity index (χ1n) is 7.89. The molecular formula is C18H18N2O4S. The number of rotatable bonds is 6. The Morgan fingerprint density at radius 3 is 2.56 bits per heavy atom. The van der Waals surface area contributed by atoms with Gasteiger partial charge in [0.2, 0.25) is 9.84 Å². The molecule has 0 aliphatic rings. The van der Waals surface area contributed by atoms with Crippen LogP contribution >= 0.6 is 0 Å². The van der Waals surface area contributed by atoms with E-state index in [0.29, 0.717) is 16.9 Å². The molecule has 0 atom stereocenters. The lowest BCUT2D eigenvalue weighted by molar-refractivity contribution is -0.142. The summed E-state index contributed by atoms with van der Waals surface area (Å²) in [6.07, 6.45) is 1.61. The largest absolute Gasteiger partial charge is 0.466 e. The average molecular weight is 358 g/mol. The molecule has 6 nitrogen and oxygen atoms in total. The van der Waals surface area contributed by atoms with Crippen LogP contribution < -0.4 is 0 Å². The molecule has 2 heterocycles. The normalized spacial score (nSPS) is 11.6. The van der Waals surface area contributed by atoms with Gasteiger partial charge in [0.15, 0.2) is 5.03 Å². The van der Waals surface area contributed by atoms with Crippen molar-refractivity contribution in [1.82, 2.24) is 9.38 Å². The van der Waals surface area contributed by atoms with Gasteiger partial charge in [-0.1, -0.05) is 36.4 Å². The van der Waals surface area contributed by atoms with Gasteiger partial charge in [0.1, 0.15) is 12.2 Å². The van der Waals surface area contributed by atoms with Crippen LogP contribution in [0.25, 0.3) is 5.52 Å². The summed E-state index contributed by atoms with van der Waals surface area (Å²) in [5.41, 5.74) is 1.14. The van der Waals surface area contributed by atoms with Gasteiger partial charge in [0, 0.05) is 6.20 Å². The van der Waals surface area contributed by atoms with Gasteiger partial charge in [0.25, 0.3) is 0 Å². The number of carbonyl (C=O) groups is 1. The third kappa shape index (κ3) is 3.71. The Bertz CT molecular complexity index is 994. The van der Waals surface area contributed by atoms with Crippen LogP contribution in [0.4, 0.5) is 0 Å². The van der Waals surface area contributed by atoms with Crippen LogP contribution in [0.5, 0.6) is 0 Å². The Morgan fingerprint density at radius 2 is 1.84 bits per heavy atom. The van der Waals surface area contributed by atoms with Gasteiger partial charge >= 0.3 is 5.97 Å². The van der Waals surface area contributed by atoms with Gasteiger partial charge in [-0.25, -0.2) is 13.4 Å². The molecule has 3 rings (SSSR count). The van der Waals surface area contributed by atoms with Crippen molar-refractivity contribution >= 4 is 21.3 Å². The van der Waals surface area contributed by atoms with Crippen molar-refractivity contribution in [2.24, 2.45) is 0 Å². The molecule has 0 fully saturated rings. The third-order valence-electron chi connectivity index (χ3n) is 3.69. The Balaban J connectivity index is 2.02. The van der Waals surface area contributed by atoms with Crippen LogP contribution in [0, 0.1) is 0 Å². The highest BCUT2D eigenvalue weighted by Crippen LogP contribution is 2.22. The number of pyridine rings is 1. The molecule has 0 aliphatic carbocycles.